The van der Waals surface area contributed by atoms with E-state index < -0.39 is 24.5 Å². The lowest BCUT2D eigenvalue weighted by Crippen LogP contribution is -2.55. The summed E-state index contributed by atoms with van der Waals surface area (Å²) in [5, 5.41) is 31.7. The van der Waals surface area contributed by atoms with Crippen LogP contribution in [0, 0.1) is 0 Å². The van der Waals surface area contributed by atoms with Gasteiger partial charge in [-0.15, -0.1) is 0 Å². The number of aliphatic hydroxyl groups excluding tert-OH is 3. The average Bonchev–Trinajstić information content (AvgIpc) is 2.57. The molecular weight excluding hydrogens is 286 g/mol. The van der Waals surface area contributed by atoms with Crippen molar-refractivity contribution in [2.45, 2.75) is 24.5 Å². The third kappa shape index (κ3) is 3.07. The molecule has 4 N–H and O–H groups in total. The van der Waals surface area contributed by atoms with E-state index in [1.165, 1.54) is 0 Å². The van der Waals surface area contributed by atoms with Gasteiger partial charge in [0.2, 0.25) is 5.95 Å². The Morgan fingerprint density at radius 3 is 2.32 bits per heavy atom. The zero-order chi connectivity index (χ0) is 15.5. The summed E-state index contributed by atoms with van der Waals surface area (Å²) in [7, 11) is 0. The molecule has 1 saturated heterocycles. The summed E-state index contributed by atoms with van der Waals surface area (Å²) in [6, 6.07) is 9.71. The van der Waals surface area contributed by atoms with Crippen LogP contribution in [0.15, 0.2) is 42.7 Å². The Labute approximate surface area is 127 Å². The van der Waals surface area contributed by atoms with Gasteiger partial charge in [0.15, 0.2) is 6.23 Å². The second kappa shape index (κ2) is 6.37. The molecule has 0 saturated carbocycles. The molecule has 116 valence electrons. The molecule has 0 unspecified atom stereocenters. The maximum atomic E-state index is 9.85. The minimum absolute atomic E-state index is 0.0714. The van der Waals surface area contributed by atoms with Crippen molar-refractivity contribution in [3.05, 3.63) is 42.7 Å². The lowest BCUT2D eigenvalue weighted by atomic mass is 10.0. The molecule has 1 fully saturated rings. The van der Waals surface area contributed by atoms with Crippen molar-refractivity contribution < 1.29 is 20.1 Å². The summed E-state index contributed by atoms with van der Waals surface area (Å²) >= 11 is 0. The zero-order valence-corrected chi connectivity index (χ0v) is 11.7. The summed E-state index contributed by atoms with van der Waals surface area (Å²) in [5.41, 5.74) is 1.87. The Hall–Kier alpha value is -2.06. The van der Waals surface area contributed by atoms with Gasteiger partial charge in [-0.25, -0.2) is 9.97 Å². The quantitative estimate of drug-likeness (QED) is 0.632. The molecule has 7 heteroatoms. The number of nitrogens with zero attached hydrogens (tertiary/aromatic N) is 2. The lowest BCUT2D eigenvalue weighted by Gasteiger charge is -2.35. The molecule has 1 aliphatic heterocycles. The molecule has 22 heavy (non-hydrogen) atoms. The minimum atomic E-state index is -1.27. The number of hydrogen-bond acceptors (Lipinski definition) is 7. The number of aromatic nitrogens is 2. The van der Waals surface area contributed by atoms with Gasteiger partial charge in [-0.05, 0) is 5.56 Å². The zero-order valence-electron chi connectivity index (χ0n) is 11.7. The summed E-state index contributed by atoms with van der Waals surface area (Å²) in [6.07, 6.45) is -1.19. The van der Waals surface area contributed by atoms with E-state index in [0.717, 1.165) is 11.1 Å². The number of hydrogen-bond donors (Lipinski definition) is 4. The van der Waals surface area contributed by atoms with Crippen LogP contribution in [0.2, 0.25) is 0 Å². The second-order valence-corrected chi connectivity index (χ2v) is 5.11. The van der Waals surface area contributed by atoms with Crippen LogP contribution in [0.1, 0.15) is 0 Å². The fourth-order valence-corrected chi connectivity index (χ4v) is 2.24. The van der Waals surface area contributed by atoms with Gasteiger partial charge in [0, 0.05) is 18.0 Å². The van der Waals surface area contributed by atoms with Crippen molar-refractivity contribution in [2.24, 2.45) is 0 Å². The van der Waals surface area contributed by atoms with Crippen molar-refractivity contribution in [3.63, 3.8) is 0 Å². The highest BCUT2D eigenvalue weighted by molar-refractivity contribution is 5.61. The predicted molar refractivity (Wildman–Crippen MR) is 78.9 cm³/mol. The second-order valence-electron chi connectivity index (χ2n) is 5.11. The number of ether oxygens (including phenoxy) is 1. The summed E-state index contributed by atoms with van der Waals surface area (Å²) in [6.45, 7) is -0.0714. The molecule has 7 nitrogen and oxygen atoms in total. The van der Waals surface area contributed by atoms with Crippen LogP contribution >= 0.6 is 0 Å². The molecule has 1 aromatic heterocycles. The third-order valence-corrected chi connectivity index (χ3v) is 3.53. The Morgan fingerprint density at radius 2 is 1.64 bits per heavy atom. The molecule has 0 aliphatic carbocycles. The van der Waals surface area contributed by atoms with Gasteiger partial charge in [-0.3, -0.25) is 0 Å². The smallest absolute Gasteiger partial charge is 0.224 e. The largest absolute Gasteiger partial charge is 0.388 e. The molecule has 1 aliphatic rings. The van der Waals surface area contributed by atoms with Gasteiger partial charge < -0.3 is 25.4 Å². The van der Waals surface area contributed by atoms with Crippen LogP contribution in [-0.4, -0.2) is 56.4 Å². The van der Waals surface area contributed by atoms with E-state index in [2.05, 4.69) is 15.3 Å². The molecule has 0 spiro atoms. The minimum Gasteiger partial charge on any atom is -0.388 e. The summed E-state index contributed by atoms with van der Waals surface area (Å²) in [5.74, 6) is 0.271. The van der Waals surface area contributed by atoms with Crippen molar-refractivity contribution in [1.29, 1.82) is 0 Å². The van der Waals surface area contributed by atoms with Gasteiger partial charge in [0.25, 0.3) is 0 Å². The molecule has 3 rings (SSSR count). The first-order valence-electron chi connectivity index (χ1n) is 6.95. The standard InChI is InChI=1S/C15H17N3O4/c19-11-8-22-14(13(21)12(11)20)18-15-16-6-10(7-17-15)9-4-2-1-3-5-9/h1-7,11-14,19-21H,8H2,(H,16,17,18)/t11-,12-,13-,14-/m1/s1. The monoisotopic (exact) mass is 303 g/mol. The highest BCUT2D eigenvalue weighted by Crippen LogP contribution is 2.19. The Bertz CT molecular complexity index is 608. The maximum absolute atomic E-state index is 9.85. The van der Waals surface area contributed by atoms with Crippen LogP contribution in [0.5, 0.6) is 0 Å². The Balaban J connectivity index is 1.69. The molecule has 0 amide bonds. The van der Waals surface area contributed by atoms with E-state index in [1.54, 1.807) is 12.4 Å². The van der Waals surface area contributed by atoms with Crippen LogP contribution in [0.3, 0.4) is 0 Å². The molecule has 2 aromatic rings. The predicted octanol–water partition coefficient (Wildman–Crippen LogP) is -0.00550. The molecule has 0 radical (unpaired) electrons. The van der Waals surface area contributed by atoms with Crippen LogP contribution in [-0.2, 0) is 4.74 Å². The molecule has 2 heterocycles. The summed E-state index contributed by atoms with van der Waals surface area (Å²) < 4.78 is 5.24. The van der Waals surface area contributed by atoms with E-state index in [-0.39, 0.29) is 12.6 Å². The number of anilines is 1. The average molecular weight is 303 g/mol. The van der Waals surface area contributed by atoms with Gasteiger partial charge in [-0.2, -0.15) is 0 Å². The van der Waals surface area contributed by atoms with Crippen LogP contribution < -0.4 is 5.32 Å². The van der Waals surface area contributed by atoms with E-state index >= 15 is 0 Å². The first-order chi connectivity index (χ1) is 10.6. The summed E-state index contributed by atoms with van der Waals surface area (Å²) in [4.78, 5) is 8.34. The van der Waals surface area contributed by atoms with Crippen molar-refractivity contribution in [3.8, 4) is 11.1 Å². The maximum Gasteiger partial charge on any atom is 0.224 e. The first-order valence-corrected chi connectivity index (χ1v) is 6.95. The Kier molecular flexibility index (Phi) is 4.30. The van der Waals surface area contributed by atoms with E-state index in [9.17, 15) is 15.3 Å². The van der Waals surface area contributed by atoms with Gasteiger partial charge in [-0.1, -0.05) is 30.3 Å². The van der Waals surface area contributed by atoms with Crippen molar-refractivity contribution in [1.82, 2.24) is 9.97 Å². The SMILES string of the molecule is O[C@@H]1[C@H](O)[C@H](O)CO[C@H]1Nc1ncc(-c2ccccc2)cn1. The van der Waals surface area contributed by atoms with Crippen LogP contribution in [0.25, 0.3) is 11.1 Å². The molecule has 0 bridgehead atoms. The highest BCUT2D eigenvalue weighted by Gasteiger charge is 2.37. The van der Waals surface area contributed by atoms with Crippen molar-refractivity contribution in [2.75, 3.05) is 11.9 Å². The topological polar surface area (TPSA) is 108 Å². The normalized spacial score (nSPS) is 28.3. The van der Waals surface area contributed by atoms with E-state index in [4.69, 9.17) is 4.74 Å². The number of aliphatic hydroxyl groups is 3. The van der Waals surface area contributed by atoms with E-state index in [1.807, 2.05) is 30.3 Å². The molecule has 1 aromatic carbocycles. The number of benzene rings is 1. The fourth-order valence-electron chi connectivity index (χ4n) is 2.24. The lowest BCUT2D eigenvalue weighted by molar-refractivity contribution is -0.178. The Morgan fingerprint density at radius 1 is 0.955 bits per heavy atom. The van der Waals surface area contributed by atoms with Crippen molar-refractivity contribution >= 4 is 5.95 Å². The number of nitrogens with one attached hydrogen (secondary N) is 1. The van der Waals surface area contributed by atoms with Gasteiger partial charge in [0.1, 0.15) is 18.3 Å². The van der Waals surface area contributed by atoms with E-state index in [0.29, 0.717) is 0 Å². The third-order valence-electron chi connectivity index (χ3n) is 3.53. The molecular formula is C15H17N3O4. The van der Waals surface area contributed by atoms with Gasteiger partial charge in [0.05, 0.1) is 6.61 Å². The van der Waals surface area contributed by atoms with Crippen LogP contribution in [0.4, 0.5) is 5.95 Å². The first kappa shape index (κ1) is 14.9. The van der Waals surface area contributed by atoms with Gasteiger partial charge >= 0.3 is 0 Å². The highest BCUT2D eigenvalue weighted by atomic mass is 16.5. The number of rotatable bonds is 3. The molecule has 4 atom stereocenters. The fraction of sp³-hybridized carbons (Fsp3) is 0.333.